The van der Waals surface area contributed by atoms with E-state index in [0.717, 1.165) is 59.6 Å². The number of carbonyl (C=O) groups is 1. The van der Waals surface area contributed by atoms with Gasteiger partial charge in [-0.15, -0.1) is 0 Å². The Hall–Kier alpha value is -1.84. The predicted molar refractivity (Wildman–Crippen MR) is 156 cm³/mol. The number of hydrogen-bond donors (Lipinski definition) is 2. The zero-order valence-corrected chi connectivity index (χ0v) is 25.0. The molecule has 0 aromatic heterocycles. The van der Waals surface area contributed by atoms with Gasteiger partial charge in [0.25, 0.3) is 0 Å². The molecule has 1 aliphatic heterocycles. The van der Waals surface area contributed by atoms with Crippen LogP contribution in [-0.2, 0) is 0 Å². The smallest absolute Gasteiger partial charge is 0.319 e. The zero-order valence-electron chi connectivity index (χ0n) is 25.0. The van der Waals surface area contributed by atoms with E-state index >= 15 is 0 Å². The molecular weight excluding hydrogens is 483 g/mol. The lowest BCUT2D eigenvalue weighted by Gasteiger charge is -2.61. The maximum Gasteiger partial charge on any atom is 0.319 e. The van der Waals surface area contributed by atoms with Gasteiger partial charge in [-0.25, -0.2) is 9.18 Å². The highest BCUT2D eigenvalue weighted by Gasteiger charge is 2.61. The highest BCUT2D eigenvalue weighted by Crippen LogP contribution is 2.69. The van der Waals surface area contributed by atoms with E-state index in [-0.39, 0.29) is 23.3 Å². The lowest BCUT2D eigenvalue weighted by molar-refractivity contribution is -0.104. The third kappa shape index (κ3) is 4.66. The van der Waals surface area contributed by atoms with Crippen molar-refractivity contribution in [1.82, 2.24) is 10.6 Å². The largest absolute Gasteiger partial charge is 0.327 e. The Bertz CT molecular complexity index is 1110. The Balaban J connectivity index is 1.23. The molecule has 0 spiro atoms. The first-order chi connectivity index (χ1) is 18.6. The third-order valence-corrected chi connectivity index (χ3v) is 12.8. The van der Waals surface area contributed by atoms with Gasteiger partial charge in [-0.3, -0.25) is 0 Å². The van der Waals surface area contributed by atoms with Crippen molar-refractivity contribution >= 4 is 6.03 Å². The zero-order chi connectivity index (χ0) is 27.5. The Kier molecular flexibility index (Phi) is 7.16. The van der Waals surface area contributed by atoms with E-state index in [4.69, 9.17) is 0 Å². The summed E-state index contributed by atoms with van der Waals surface area (Å²) in [6.07, 6.45) is 14.5. The predicted octanol–water partition coefficient (Wildman–Crippen LogP) is 9.16. The van der Waals surface area contributed by atoms with Crippen LogP contribution in [0.4, 0.5) is 9.18 Å². The van der Waals surface area contributed by atoms with Gasteiger partial charge in [0.15, 0.2) is 0 Å². The van der Waals surface area contributed by atoms with Crippen molar-refractivity contribution in [2.75, 3.05) is 0 Å². The number of hydrogen-bond acceptors (Lipinski definition) is 1. The molecular formula is C35H51FN2O. The van der Waals surface area contributed by atoms with E-state index in [1.54, 1.807) is 0 Å². The Morgan fingerprint density at radius 3 is 2.44 bits per heavy atom. The van der Waals surface area contributed by atoms with Crippen molar-refractivity contribution < 1.29 is 9.18 Å². The quantitative estimate of drug-likeness (QED) is 0.375. The molecule has 5 aliphatic rings. The molecule has 2 amide bonds. The van der Waals surface area contributed by atoms with Crippen LogP contribution in [-0.4, -0.2) is 6.03 Å². The van der Waals surface area contributed by atoms with Gasteiger partial charge < -0.3 is 10.6 Å². The molecule has 9 atom stereocenters. The van der Waals surface area contributed by atoms with E-state index in [1.807, 2.05) is 12.1 Å². The number of urea groups is 1. The second-order valence-electron chi connectivity index (χ2n) is 15.2. The van der Waals surface area contributed by atoms with Crippen molar-refractivity contribution in [2.45, 2.75) is 111 Å². The molecule has 1 heterocycles. The Labute approximate surface area is 236 Å². The van der Waals surface area contributed by atoms with Crippen LogP contribution < -0.4 is 10.6 Å². The molecule has 0 saturated heterocycles. The third-order valence-electron chi connectivity index (χ3n) is 12.8. The average molecular weight is 535 g/mol. The molecule has 214 valence electrons. The van der Waals surface area contributed by atoms with Gasteiger partial charge >= 0.3 is 6.03 Å². The minimum Gasteiger partial charge on any atom is -0.327 e. The van der Waals surface area contributed by atoms with Crippen LogP contribution in [0.25, 0.3) is 0 Å². The van der Waals surface area contributed by atoms with E-state index in [1.165, 1.54) is 75.5 Å². The summed E-state index contributed by atoms with van der Waals surface area (Å²) in [6, 6.07) is 6.48. The minimum absolute atomic E-state index is 0.117. The molecule has 4 aliphatic carbocycles. The van der Waals surface area contributed by atoms with Crippen LogP contribution in [0.3, 0.4) is 0 Å². The van der Waals surface area contributed by atoms with Crippen LogP contribution in [0.5, 0.6) is 0 Å². The summed E-state index contributed by atoms with van der Waals surface area (Å²) in [5, 5.41) is 6.38. The van der Waals surface area contributed by atoms with E-state index < -0.39 is 0 Å². The summed E-state index contributed by atoms with van der Waals surface area (Å²) < 4.78 is 13.7. The number of carbonyl (C=O) groups excluding carboxylic acids is 1. The molecule has 3 saturated carbocycles. The van der Waals surface area contributed by atoms with E-state index in [2.05, 4.69) is 45.3 Å². The first-order valence-electron chi connectivity index (χ1n) is 16.1. The number of nitrogens with one attached hydrogen (secondary N) is 2. The first-order valence-corrected chi connectivity index (χ1v) is 16.1. The van der Waals surface area contributed by atoms with Crippen molar-refractivity contribution in [2.24, 2.45) is 52.3 Å². The molecule has 1 aromatic carbocycles. The van der Waals surface area contributed by atoms with Crippen LogP contribution in [0.1, 0.15) is 117 Å². The minimum atomic E-state index is -0.228. The highest BCUT2D eigenvalue weighted by molar-refractivity contribution is 5.79. The summed E-state index contributed by atoms with van der Waals surface area (Å²) in [5.41, 5.74) is 4.27. The van der Waals surface area contributed by atoms with Gasteiger partial charge in [0.1, 0.15) is 5.82 Å². The average Bonchev–Trinajstić information content (AvgIpc) is 3.25. The normalized spacial score (nSPS) is 40.2. The molecule has 39 heavy (non-hydrogen) atoms. The maximum atomic E-state index is 13.7. The number of halogens is 1. The van der Waals surface area contributed by atoms with Gasteiger partial charge in [0.05, 0.1) is 6.04 Å². The van der Waals surface area contributed by atoms with Crippen molar-refractivity contribution in [3.8, 4) is 0 Å². The van der Waals surface area contributed by atoms with Gasteiger partial charge in [-0.1, -0.05) is 66.0 Å². The molecule has 3 fully saturated rings. The monoisotopic (exact) mass is 534 g/mol. The SMILES string of the molecule is CC(C)CCC[C@@H](C)[C@H]1CC[C@H]2[C@@H]3CCC4CC5=C(C[C@]4(C)[C@H]3CC[C@]12C)C(c1ccc(F)cc1)NC(=O)N5. The maximum absolute atomic E-state index is 13.7. The van der Waals surface area contributed by atoms with E-state index in [0.29, 0.717) is 11.3 Å². The number of rotatable bonds is 6. The van der Waals surface area contributed by atoms with Gasteiger partial charge in [0, 0.05) is 5.70 Å². The number of allylic oxidation sites excluding steroid dienone is 1. The summed E-state index contributed by atoms with van der Waals surface area (Å²) in [5.74, 6) is 5.45. The summed E-state index contributed by atoms with van der Waals surface area (Å²) >= 11 is 0. The van der Waals surface area contributed by atoms with E-state index in [9.17, 15) is 9.18 Å². The van der Waals surface area contributed by atoms with Crippen LogP contribution >= 0.6 is 0 Å². The molecule has 0 radical (unpaired) electrons. The number of amides is 2. The second kappa shape index (κ2) is 10.2. The Morgan fingerprint density at radius 2 is 1.69 bits per heavy atom. The lowest BCUT2D eigenvalue weighted by Crippen LogP contribution is -2.56. The molecule has 2 unspecified atom stereocenters. The van der Waals surface area contributed by atoms with Crippen molar-refractivity contribution in [1.29, 1.82) is 0 Å². The summed E-state index contributed by atoms with van der Waals surface area (Å²) in [7, 11) is 0. The standard InChI is InChI=1S/C35H51FN2O/c1-21(2)7-6-8-22(3)28-15-16-29-26-14-11-24-19-31-27(20-35(24,5)30(26)17-18-34(28,29)4)32(38-33(39)37-31)23-9-12-25(36)13-10-23/h9-10,12-13,21-22,24,26,28-30,32H,6-8,11,14-20H2,1-5H3,(H2,37,38,39)/t22-,24?,26+,28-,29+,30+,32?,34-,35+/m1/s1. The molecule has 1 aromatic rings. The molecule has 6 rings (SSSR count). The van der Waals surface area contributed by atoms with Crippen LogP contribution in [0, 0.1) is 58.1 Å². The van der Waals surface area contributed by atoms with Gasteiger partial charge in [0.2, 0.25) is 0 Å². The second-order valence-corrected chi connectivity index (χ2v) is 15.2. The fourth-order valence-electron chi connectivity index (χ4n) is 10.8. The Morgan fingerprint density at radius 1 is 0.949 bits per heavy atom. The van der Waals surface area contributed by atoms with Crippen molar-refractivity contribution in [3.63, 3.8) is 0 Å². The first kappa shape index (κ1) is 27.3. The van der Waals surface area contributed by atoms with Crippen LogP contribution in [0.2, 0.25) is 0 Å². The molecule has 3 nitrogen and oxygen atoms in total. The lowest BCUT2D eigenvalue weighted by atomic mass is 9.44. The fraction of sp³-hybridized carbons (Fsp3) is 0.743. The fourth-order valence-corrected chi connectivity index (χ4v) is 10.8. The molecule has 4 heteroatoms. The molecule has 2 N–H and O–H groups in total. The van der Waals surface area contributed by atoms with Crippen LogP contribution in [0.15, 0.2) is 35.5 Å². The topological polar surface area (TPSA) is 41.1 Å². The van der Waals surface area contributed by atoms with Gasteiger partial charge in [-0.2, -0.15) is 0 Å². The number of fused-ring (bicyclic) bond motifs is 5. The highest BCUT2D eigenvalue weighted by atomic mass is 19.1. The van der Waals surface area contributed by atoms with Crippen molar-refractivity contribution in [3.05, 3.63) is 46.9 Å². The number of benzene rings is 1. The molecule has 0 bridgehead atoms. The summed E-state index contributed by atoms with van der Waals surface area (Å²) in [4.78, 5) is 12.7. The summed E-state index contributed by atoms with van der Waals surface area (Å²) in [6.45, 7) is 12.6. The van der Waals surface area contributed by atoms with Gasteiger partial charge in [-0.05, 0) is 127 Å².